The minimum atomic E-state index is 0.194. The van der Waals surface area contributed by atoms with Gasteiger partial charge in [0.2, 0.25) is 0 Å². The van der Waals surface area contributed by atoms with Gasteiger partial charge in [-0.3, -0.25) is 0 Å². The van der Waals surface area contributed by atoms with Gasteiger partial charge in [-0.2, -0.15) is 0 Å². The first kappa shape index (κ1) is 8.40. The summed E-state index contributed by atoms with van der Waals surface area (Å²) in [5, 5.41) is 0.831. The van der Waals surface area contributed by atoms with Crippen LogP contribution in [-0.4, -0.2) is 32.3 Å². The number of ether oxygens (including phenoxy) is 2. The fraction of sp³-hybridized carbons (Fsp3) is 1.00. The minimum Gasteiger partial charge on any atom is -0.382 e. The quantitative estimate of drug-likeness (QED) is 0.606. The third-order valence-electron chi connectivity index (χ3n) is 0.858. The van der Waals surface area contributed by atoms with E-state index in [0.29, 0.717) is 6.61 Å². The summed E-state index contributed by atoms with van der Waals surface area (Å²) in [4.78, 5) is 0. The Kier molecular flexibility index (Phi) is 5.81. The van der Waals surface area contributed by atoms with Gasteiger partial charge in [0.05, 0.1) is 12.7 Å². The van der Waals surface area contributed by atoms with Crippen LogP contribution in [0.4, 0.5) is 0 Å². The van der Waals surface area contributed by atoms with Crippen molar-refractivity contribution in [3.63, 3.8) is 0 Å². The molecular formula is C5H11BrO2. The second kappa shape index (κ2) is 5.54. The van der Waals surface area contributed by atoms with Gasteiger partial charge >= 0.3 is 0 Å². The van der Waals surface area contributed by atoms with Gasteiger partial charge in [-0.25, -0.2) is 0 Å². The van der Waals surface area contributed by atoms with Gasteiger partial charge < -0.3 is 9.47 Å². The van der Waals surface area contributed by atoms with Crippen molar-refractivity contribution < 1.29 is 9.47 Å². The number of rotatable bonds is 4. The molecule has 2 nitrogen and oxygen atoms in total. The molecule has 8 heavy (non-hydrogen) atoms. The zero-order valence-corrected chi connectivity index (χ0v) is 6.77. The largest absolute Gasteiger partial charge is 0.382 e. The van der Waals surface area contributed by atoms with E-state index in [-0.39, 0.29) is 6.10 Å². The van der Waals surface area contributed by atoms with Crippen molar-refractivity contribution in [3.8, 4) is 0 Å². The summed E-state index contributed by atoms with van der Waals surface area (Å²) < 4.78 is 9.80. The Hall–Kier alpha value is 0.400. The average molecular weight is 183 g/mol. The van der Waals surface area contributed by atoms with E-state index < -0.39 is 0 Å². The fourth-order valence-corrected chi connectivity index (χ4v) is 0.813. The van der Waals surface area contributed by atoms with E-state index in [4.69, 9.17) is 9.47 Å². The molecule has 0 saturated carbocycles. The lowest BCUT2D eigenvalue weighted by Crippen LogP contribution is -2.18. The molecule has 50 valence electrons. The molecule has 1 atom stereocenters. The highest BCUT2D eigenvalue weighted by atomic mass is 79.9. The Labute approximate surface area is 58.3 Å². The molecule has 0 N–H and O–H groups in total. The summed E-state index contributed by atoms with van der Waals surface area (Å²) in [6, 6.07) is 0. The topological polar surface area (TPSA) is 18.5 Å². The van der Waals surface area contributed by atoms with Crippen LogP contribution in [0.3, 0.4) is 0 Å². The molecule has 0 radical (unpaired) electrons. The third-order valence-corrected chi connectivity index (χ3v) is 1.58. The van der Waals surface area contributed by atoms with Crippen molar-refractivity contribution in [2.75, 3.05) is 26.2 Å². The lowest BCUT2D eigenvalue weighted by atomic mass is 10.4. The number of halogens is 1. The molecule has 0 aromatic rings. The van der Waals surface area contributed by atoms with Crippen LogP contribution >= 0.6 is 15.9 Å². The van der Waals surface area contributed by atoms with E-state index in [0.717, 1.165) is 5.33 Å². The Morgan fingerprint density at radius 3 is 2.25 bits per heavy atom. The molecule has 0 heterocycles. The normalized spacial score (nSPS) is 13.9. The molecule has 0 amide bonds. The van der Waals surface area contributed by atoms with Gasteiger partial charge in [-0.15, -0.1) is 0 Å². The van der Waals surface area contributed by atoms with Crippen molar-refractivity contribution >= 4 is 15.9 Å². The summed E-state index contributed by atoms with van der Waals surface area (Å²) in [6.07, 6.45) is 0.194. The summed E-state index contributed by atoms with van der Waals surface area (Å²) in [5.41, 5.74) is 0. The fourth-order valence-electron chi connectivity index (χ4n) is 0.361. The maximum Gasteiger partial charge on any atom is 0.0901 e. The zero-order chi connectivity index (χ0) is 6.41. The molecule has 0 aliphatic rings. The van der Waals surface area contributed by atoms with Crippen LogP contribution in [-0.2, 0) is 9.47 Å². The lowest BCUT2D eigenvalue weighted by molar-refractivity contribution is 0.0437. The van der Waals surface area contributed by atoms with Crippen LogP contribution in [0, 0.1) is 0 Å². The van der Waals surface area contributed by atoms with Gasteiger partial charge in [-0.1, -0.05) is 15.9 Å². The Morgan fingerprint density at radius 1 is 1.50 bits per heavy atom. The van der Waals surface area contributed by atoms with Crippen LogP contribution in [0.25, 0.3) is 0 Å². The smallest absolute Gasteiger partial charge is 0.0901 e. The first-order chi connectivity index (χ1) is 3.85. The van der Waals surface area contributed by atoms with Gasteiger partial charge in [0.1, 0.15) is 0 Å². The summed E-state index contributed by atoms with van der Waals surface area (Å²) >= 11 is 3.27. The second-order valence-electron chi connectivity index (χ2n) is 1.47. The van der Waals surface area contributed by atoms with Gasteiger partial charge in [-0.05, 0) is 0 Å². The Morgan fingerprint density at radius 2 is 2.12 bits per heavy atom. The predicted molar refractivity (Wildman–Crippen MR) is 36.5 cm³/mol. The Balaban J connectivity index is 3.07. The lowest BCUT2D eigenvalue weighted by Gasteiger charge is -2.08. The van der Waals surface area contributed by atoms with Crippen molar-refractivity contribution in [2.24, 2.45) is 0 Å². The van der Waals surface area contributed by atoms with Crippen molar-refractivity contribution in [1.82, 2.24) is 0 Å². The van der Waals surface area contributed by atoms with Crippen LogP contribution in [0.5, 0.6) is 0 Å². The van der Waals surface area contributed by atoms with E-state index in [1.807, 2.05) is 0 Å². The van der Waals surface area contributed by atoms with E-state index in [2.05, 4.69) is 15.9 Å². The SMILES string of the molecule is COCC(CBr)OC. The van der Waals surface area contributed by atoms with Crippen molar-refractivity contribution in [3.05, 3.63) is 0 Å². The van der Waals surface area contributed by atoms with Gasteiger partial charge in [0.15, 0.2) is 0 Å². The predicted octanol–water partition coefficient (Wildman–Crippen LogP) is 1.04. The van der Waals surface area contributed by atoms with E-state index >= 15 is 0 Å². The number of hydrogen-bond donors (Lipinski definition) is 0. The summed E-state index contributed by atoms with van der Waals surface area (Å²) in [6.45, 7) is 0.655. The molecule has 0 rings (SSSR count). The molecule has 0 aliphatic heterocycles. The van der Waals surface area contributed by atoms with Crippen molar-refractivity contribution in [1.29, 1.82) is 0 Å². The maximum atomic E-state index is 4.97. The minimum absolute atomic E-state index is 0.194. The molecule has 0 bridgehead atoms. The number of methoxy groups -OCH3 is 2. The molecule has 0 aliphatic carbocycles. The van der Waals surface area contributed by atoms with Gasteiger partial charge in [0.25, 0.3) is 0 Å². The zero-order valence-electron chi connectivity index (χ0n) is 5.19. The average Bonchev–Trinajstić information content (AvgIpc) is 1.83. The number of hydrogen-bond acceptors (Lipinski definition) is 2. The van der Waals surface area contributed by atoms with Crippen LogP contribution in [0.2, 0.25) is 0 Å². The molecule has 1 unspecified atom stereocenters. The summed E-state index contributed by atoms with van der Waals surface area (Å²) in [5.74, 6) is 0. The van der Waals surface area contributed by atoms with Crippen LogP contribution < -0.4 is 0 Å². The maximum absolute atomic E-state index is 4.97. The molecule has 0 aromatic carbocycles. The number of alkyl halides is 1. The third kappa shape index (κ3) is 3.41. The monoisotopic (exact) mass is 182 g/mol. The highest BCUT2D eigenvalue weighted by molar-refractivity contribution is 9.09. The molecular weight excluding hydrogens is 172 g/mol. The first-order valence-electron chi connectivity index (χ1n) is 2.42. The molecule has 3 heteroatoms. The van der Waals surface area contributed by atoms with Crippen LogP contribution in [0.15, 0.2) is 0 Å². The molecule has 0 spiro atoms. The highest BCUT2D eigenvalue weighted by Gasteiger charge is 2.01. The molecule has 0 saturated heterocycles. The Bertz CT molecular complexity index is 45.7. The summed E-state index contributed by atoms with van der Waals surface area (Å²) in [7, 11) is 3.33. The molecule has 0 fully saturated rings. The molecule has 0 aromatic heterocycles. The van der Waals surface area contributed by atoms with E-state index in [9.17, 15) is 0 Å². The second-order valence-corrected chi connectivity index (χ2v) is 2.11. The van der Waals surface area contributed by atoms with E-state index in [1.165, 1.54) is 0 Å². The van der Waals surface area contributed by atoms with Gasteiger partial charge in [0, 0.05) is 19.5 Å². The first-order valence-corrected chi connectivity index (χ1v) is 3.55. The highest BCUT2D eigenvalue weighted by Crippen LogP contribution is 1.94. The standard InChI is InChI=1S/C5H11BrO2/c1-7-4-5(3-6)8-2/h5H,3-4H2,1-2H3. The van der Waals surface area contributed by atoms with Crippen molar-refractivity contribution in [2.45, 2.75) is 6.10 Å². The van der Waals surface area contributed by atoms with Crippen LogP contribution in [0.1, 0.15) is 0 Å². The van der Waals surface area contributed by atoms with E-state index in [1.54, 1.807) is 14.2 Å².